The average molecular weight is 502 g/mol. The highest BCUT2D eigenvalue weighted by Crippen LogP contribution is 2.26. The number of hydrogen-bond donors (Lipinski definition) is 3. The van der Waals surface area contributed by atoms with Crippen LogP contribution in [0.25, 0.3) is 10.8 Å². The van der Waals surface area contributed by atoms with Crippen LogP contribution < -0.4 is 25.6 Å². The Labute approximate surface area is 193 Å². The lowest BCUT2D eigenvalue weighted by atomic mass is 10.1. The second-order valence-electron chi connectivity index (χ2n) is 6.33. The molecular weight excluding hydrogens is 482 g/mol. The molecule has 0 fully saturated rings. The summed E-state index contributed by atoms with van der Waals surface area (Å²) in [6, 6.07) is 18.4. The topological polar surface area (TPSA) is 88.7 Å². The molecule has 0 spiro atoms. The van der Waals surface area contributed by atoms with Gasteiger partial charge >= 0.3 is 0 Å². The van der Waals surface area contributed by atoms with E-state index < -0.39 is 11.8 Å². The van der Waals surface area contributed by atoms with E-state index in [2.05, 4.69) is 32.1 Å². The maximum absolute atomic E-state index is 12.3. The van der Waals surface area contributed by atoms with E-state index in [4.69, 9.17) is 21.7 Å². The second-order valence-corrected chi connectivity index (χ2v) is 7.59. The van der Waals surface area contributed by atoms with E-state index in [0.717, 1.165) is 10.8 Å². The Bertz CT molecular complexity index is 1120. The summed E-state index contributed by atoms with van der Waals surface area (Å²) in [7, 11) is 0. The van der Waals surface area contributed by atoms with E-state index in [1.165, 1.54) is 0 Å². The van der Waals surface area contributed by atoms with Gasteiger partial charge in [-0.15, -0.1) is 0 Å². The highest BCUT2D eigenvalue weighted by atomic mass is 79.9. The van der Waals surface area contributed by atoms with Crippen LogP contribution in [-0.2, 0) is 4.79 Å². The Morgan fingerprint density at radius 2 is 1.74 bits per heavy atom. The van der Waals surface area contributed by atoms with Gasteiger partial charge in [-0.3, -0.25) is 25.8 Å². The van der Waals surface area contributed by atoms with Gasteiger partial charge < -0.3 is 9.47 Å². The van der Waals surface area contributed by atoms with Crippen LogP contribution in [-0.4, -0.2) is 30.1 Å². The Morgan fingerprint density at radius 3 is 2.48 bits per heavy atom. The Hall–Kier alpha value is -3.17. The zero-order valence-electron chi connectivity index (χ0n) is 16.6. The fourth-order valence-corrected chi connectivity index (χ4v) is 3.33. The quantitative estimate of drug-likeness (QED) is 0.352. The summed E-state index contributed by atoms with van der Waals surface area (Å²) >= 11 is 8.40. The van der Waals surface area contributed by atoms with Gasteiger partial charge in [0.1, 0.15) is 11.5 Å². The second kappa shape index (κ2) is 10.7. The van der Waals surface area contributed by atoms with Crippen molar-refractivity contribution in [2.45, 2.75) is 6.92 Å². The fourth-order valence-electron chi connectivity index (χ4n) is 2.69. The van der Waals surface area contributed by atoms with Crippen LogP contribution in [0.15, 0.2) is 65.1 Å². The Balaban J connectivity index is 1.44. The number of fused-ring (bicyclic) bond motifs is 1. The third-order valence-corrected chi connectivity index (χ3v) is 4.95. The molecule has 31 heavy (non-hydrogen) atoms. The molecular formula is C22H20BrN3O4S. The summed E-state index contributed by atoms with van der Waals surface area (Å²) in [5.74, 6) is 0.334. The van der Waals surface area contributed by atoms with Gasteiger partial charge in [-0.1, -0.05) is 30.3 Å². The smallest absolute Gasteiger partial charge is 0.276 e. The number of carbonyl (C=O) groups is 2. The van der Waals surface area contributed by atoms with Gasteiger partial charge in [0.15, 0.2) is 11.7 Å². The molecule has 0 heterocycles. The van der Waals surface area contributed by atoms with Gasteiger partial charge in [-0.2, -0.15) is 0 Å². The summed E-state index contributed by atoms with van der Waals surface area (Å²) in [6.07, 6.45) is 0. The van der Waals surface area contributed by atoms with Gasteiger partial charge in [0.2, 0.25) is 0 Å². The van der Waals surface area contributed by atoms with Crippen LogP contribution in [0.3, 0.4) is 0 Å². The molecule has 3 aromatic rings. The van der Waals surface area contributed by atoms with Crippen molar-refractivity contribution in [1.82, 2.24) is 16.2 Å². The van der Waals surface area contributed by atoms with Gasteiger partial charge in [0.25, 0.3) is 11.8 Å². The van der Waals surface area contributed by atoms with E-state index in [0.29, 0.717) is 28.1 Å². The van der Waals surface area contributed by atoms with Crippen LogP contribution in [0.4, 0.5) is 0 Å². The molecule has 0 aliphatic carbocycles. The third kappa shape index (κ3) is 6.40. The first-order chi connectivity index (χ1) is 15.0. The number of ether oxygens (including phenoxy) is 2. The van der Waals surface area contributed by atoms with E-state index in [1.54, 1.807) is 24.3 Å². The van der Waals surface area contributed by atoms with Crippen molar-refractivity contribution in [3.8, 4) is 11.5 Å². The van der Waals surface area contributed by atoms with Crippen LogP contribution in [0, 0.1) is 0 Å². The predicted molar refractivity (Wildman–Crippen MR) is 126 cm³/mol. The maximum atomic E-state index is 12.3. The van der Waals surface area contributed by atoms with E-state index in [9.17, 15) is 9.59 Å². The van der Waals surface area contributed by atoms with Crippen molar-refractivity contribution in [3.63, 3.8) is 0 Å². The molecule has 0 radical (unpaired) electrons. The van der Waals surface area contributed by atoms with Gasteiger partial charge in [0, 0.05) is 5.56 Å². The van der Waals surface area contributed by atoms with Gasteiger partial charge in [-0.05, 0) is 76.2 Å². The molecule has 0 aromatic heterocycles. The molecule has 0 atom stereocenters. The lowest BCUT2D eigenvalue weighted by molar-refractivity contribution is -0.123. The fraction of sp³-hybridized carbons (Fsp3) is 0.136. The number of halogens is 1. The molecule has 0 unspecified atom stereocenters. The number of hydrogen-bond acceptors (Lipinski definition) is 5. The van der Waals surface area contributed by atoms with Crippen LogP contribution in [0.1, 0.15) is 17.3 Å². The molecule has 3 N–H and O–H groups in total. The zero-order valence-corrected chi connectivity index (χ0v) is 19.0. The van der Waals surface area contributed by atoms with Crippen molar-refractivity contribution >= 4 is 55.8 Å². The molecule has 2 amide bonds. The monoisotopic (exact) mass is 501 g/mol. The first-order valence-electron chi connectivity index (χ1n) is 9.40. The standard InChI is InChI=1S/C22H20BrN3O4S/c1-2-29-19-10-8-16(12-18(19)23)21(28)24-22(31)26-25-20(27)13-30-17-9-7-14-5-3-4-6-15(14)11-17/h3-12H,2,13H2,1H3,(H,25,27)(H2,24,26,28,31). The summed E-state index contributed by atoms with van der Waals surface area (Å²) in [5, 5.41) is 4.54. The third-order valence-electron chi connectivity index (χ3n) is 4.13. The molecule has 0 aliphatic rings. The molecule has 3 aromatic carbocycles. The number of benzene rings is 3. The lowest BCUT2D eigenvalue weighted by Crippen LogP contribution is -2.49. The maximum Gasteiger partial charge on any atom is 0.276 e. The molecule has 160 valence electrons. The minimum absolute atomic E-state index is 0.0472. The summed E-state index contributed by atoms with van der Waals surface area (Å²) in [4.78, 5) is 24.3. The first kappa shape index (κ1) is 22.5. The number of rotatable bonds is 6. The summed E-state index contributed by atoms with van der Waals surface area (Å²) < 4.78 is 11.6. The van der Waals surface area contributed by atoms with Crippen molar-refractivity contribution < 1.29 is 19.1 Å². The van der Waals surface area contributed by atoms with Gasteiger partial charge in [0.05, 0.1) is 11.1 Å². The first-order valence-corrected chi connectivity index (χ1v) is 10.6. The highest BCUT2D eigenvalue weighted by Gasteiger charge is 2.11. The largest absolute Gasteiger partial charge is 0.493 e. The summed E-state index contributed by atoms with van der Waals surface area (Å²) in [5.41, 5.74) is 5.24. The number of hydrazine groups is 1. The SMILES string of the molecule is CCOc1ccc(C(=O)NC(=S)NNC(=O)COc2ccc3ccccc3c2)cc1Br. The lowest BCUT2D eigenvalue weighted by Gasteiger charge is -2.12. The van der Waals surface area contributed by atoms with Crippen LogP contribution in [0.2, 0.25) is 0 Å². The minimum Gasteiger partial charge on any atom is -0.493 e. The normalized spacial score (nSPS) is 10.3. The predicted octanol–water partition coefficient (Wildman–Crippen LogP) is 3.72. The molecule has 0 aliphatic heterocycles. The summed E-state index contributed by atoms with van der Waals surface area (Å²) in [6.45, 7) is 2.18. The molecule has 0 bridgehead atoms. The van der Waals surface area contributed by atoms with E-state index in [-0.39, 0.29) is 11.7 Å². The van der Waals surface area contributed by atoms with Crippen molar-refractivity contribution in [2.75, 3.05) is 13.2 Å². The zero-order chi connectivity index (χ0) is 22.2. The Morgan fingerprint density at radius 1 is 0.968 bits per heavy atom. The Kier molecular flexibility index (Phi) is 7.80. The average Bonchev–Trinajstić information content (AvgIpc) is 2.77. The number of thiocarbonyl (C=S) groups is 1. The van der Waals surface area contributed by atoms with Gasteiger partial charge in [-0.25, -0.2) is 0 Å². The number of amides is 2. The number of nitrogens with one attached hydrogen (secondary N) is 3. The van der Waals surface area contributed by atoms with Crippen LogP contribution >= 0.6 is 28.1 Å². The molecule has 0 saturated heterocycles. The van der Waals surface area contributed by atoms with Crippen molar-refractivity contribution in [1.29, 1.82) is 0 Å². The molecule has 7 nitrogen and oxygen atoms in total. The van der Waals surface area contributed by atoms with E-state index >= 15 is 0 Å². The molecule has 3 rings (SSSR count). The van der Waals surface area contributed by atoms with E-state index in [1.807, 2.05) is 43.3 Å². The molecule has 9 heteroatoms. The minimum atomic E-state index is -0.450. The van der Waals surface area contributed by atoms with Crippen molar-refractivity contribution in [3.05, 3.63) is 70.7 Å². The number of carbonyl (C=O) groups excluding carboxylic acids is 2. The van der Waals surface area contributed by atoms with Crippen LogP contribution in [0.5, 0.6) is 11.5 Å². The molecule has 0 saturated carbocycles. The highest BCUT2D eigenvalue weighted by molar-refractivity contribution is 9.10. The van der Waals surface area contributed by atoms with Crippen molar-refractivity contribution in [2.24, 2.45) is 0 Å².